The quantitative estimate of drug-likeness (QED) is 0.830. The van der Waals surface area contributed by atoms with Gasteiger partial charge >= 0.3 is 6.18 Å². The molecule has 0 aromatic carbocycles. The predicted molar refractivity (Wildman–Crippen MR) is 81.6 cm³/mol. The molecule has 2 aromatic heterocycles. The highest BCUT2D eigenvalue weighted by atomic mass is 32.1. The number of carbonyl (C=O) groups excluding carboxylic acids is 1. The van der Waals surface area contributed by atoms with Gasteiger partial charge in [0.1, 0.15) is 6.04 Å². The van der Waals surface area contributed by atoms with Crippen molar-refractivity contribution in [2.45, 2.75) is 38.4 Å². The molecule has 1 unspecified atom stereocenters. The van der Waals surface area contributed by atoms with Gasteiger partial charge < -0.3 is 4.90 Å². The highest BCUT2D eigenvalue weighted by molar-refractivity contribution is 7.10. The van der Waals surface area contributed by atoms with Crippen LogP contribution in [0.4, 0.5) is 18.9 Å². The number of rotatable bonds is 2. The third-order valence-corrected chi connectivity index (χ3v) is 4.94. The first kappa shape index (κ1) is 16.0. The molecule has 1 aliphatic rings. The molecule has 23 heavy (non-hydrogen) atoms. The number of aryl methyl sites for hydroxylation is 1. The molecule has 0 radical (unpaired) electrons. The smallest absolute Gasteiger partial charge is 0.309 e. The number of anilines is 1. The Labute approximate surface area is 135 Å². The lowest BCUT2D eigenvalue weighted by Crippen LogP contribution is -2.37. The van der Waals surface area contributed by atoms with Crippen LogP contribution in [-0.4, -0.2) is 22.2 Å². The number of fused-ring (bicyclic) bond motifs is 1. The van der Waals surface area contributed by atoms with Gasteiger partial charge in [0.2, 0.25) is 0 Å². The van der Waals surface area contributed by atoms with E-state index in [1.54, 1.807) is 23.2 Å². The molecule has 8 heteroatoms. The fourth-order valence-electron chi connectivity index (χ4n) is 2.71. The number of halogens is 3. The number of amides is 1. The van der Waals surface area contributed by atoms with E-state index in [-0.39, 0.29) is 5.91 Å². The van der Waals surface area contributed by atoms with E-state index in [2.05, 4.69) is 5.10 Å². The molecule has 0 fully saturated rings. The van der Waals surface area contributed by atoms with Crippen molar-refractivity contribution in [3.8, 4) is 0 Å². The Morgan fingerprint density at radius 1 is 1.35 bits per heavy atom. The maximum atomic E-state index is 12.8. The predicted octanol–water partition coefficient (Wildman–Crippen LogP) is 3.89. The molecule has 2 aromatic rings. The van der Waals surface area contributed by atoms with E-state index in [1.807, 2.05) is 11.4 Å². The SMILES string of the molecule is CC(C(=O)N1CCCCc2sccc21)n1ccc(C(F)(F)F)n1. The number of alkyl halides is 3. The Morgan fingerprint density at radius 2 is 2.13 bits per heavy atom. The summed E-state index contributed by atoms with van der Waals surface area (Å²) in [6.45, 7) is 2.16. The highest BCUT2D eigenvalue weighted by Gasteiger charge is 2.35. The Balaban J connectivity index is 1.84. The monoisotopic (exact) mass is 343 g/mol. The van der Waals surface area contributed by atoms with Crippen LogP contribution < -0.4 is 4.90 Å². The standard InChI is InChI=1S/C15H16F3N3OS/c1-10(21-8-5-13(19-21)15(16,17)18)14(22)20-7-3-2-4-12-11(20)6-9-23-12/h5-6,8-10H,2-4,7H2,1H3. The van der Waals surface area contributed by atoms with Gasteiger partial charge in [-0.3, -0.25) is 9.48 Å². The summed E-state index contributed by atoms with van der Waals surface area (Å²) in [5.41, 5.74) is -0.100. The van der Waals surface area contributed by atoms with Crippen LogP contribution in [0.5, 0.6) is 0 Å². The van der Waals surface area contributed by atoms with Gasteiger partial charge in [0.25, 0.3) is 5.91 Å². The summed E-state index contributed by atoms with van der Waals surface area (Å²) in [4.78, 5) is 15.6. The summed E-state index contributed by atoms with van der Waals surface area (Å²) in [7, 11) is 0. The molecule has 0 saturated carbocycles. The number of carbonyl (C=O) groups is 1. The topological polar surface area (TPSA) is 38.1 Å². The molecule has 124 valence electrons. The fourth-order valence-corrected chi connectivity index (χ4v) is 3.63. The summed E-state index contributed by atoms with van der Waals surface area (Å²) in [5, 5.41) is 5.45. The molecule has 1 amide bonds. The van der Waals surface area contributed by atoms with Gasteiger partial charge in [0, 0.05) is 17.6 Å². The number of nitrogens with zero attached hydrogens (tertiary/aromatic N) is 3. The van der Waals surface area contributed by atoms with Crippen molar-refractivity contribution in [2.24, 2.45) is 0 Å². The van der Waals surface area contributed by atoms with E-state index in [0.717, 1.165) is 40.6 Å². The maximum absolute atomic E-state index is 12.8. The first-order valence-electron chi connectivity index (χ1n) is 7.38. The molecule has 3 rings (SSSR count). The van der Waals surface area contributed by atoms with Crippen LogP contribution in [0, 0.1) is 0 Å². The van der Waals surface area contributed by atoms with Crippen molar-refractivity contribution in [3.63, 3.8) is 0 Å². The zero-order valence-electron chi connectivity index (χ0n) is 12.5. The lowest BCUT2D eigenvalue weighted by Gasteiger charge is -2.24. The zero-order valence-corrected chi connectivity index (χ0v) is 13.3. The minimum absolute atomic E-state index is 0.233. The zero-order chi connectivity index (χ0) is 16.6. The summed E-state index contributed by atoms with van der Waals surface area (Å²) in [6.07, 6.45) is -0.474. The van der Waals surface area contributed by atoms with Crippen LogP contribution in [0.3, 0.4) is 0 Å². The Kier molecular flexibility index (Phi) is 4.18. The van der Waals surface area contributed by atoms with Gasteiger partial charge in [-0.1, -0.05) is 0 Å². The van der Waals surface area contributed by atoms with E-state index in [0.29, 0.717) is 6.54 Å². The molecular weight excluding hydrogens is 327 g/mol. The van der Waals surface area contributed by atoms with Gasteiger partial charge in [-0.15, -0.1) is 11.3 Å². The van der Waals surface area contributed by atoms with E-state index < -0.39 is 17.9 Å². The van der Waals surface area contributed by atoms with Crippen molar-refractivity contribution in [2.75, 3.05) is 11.4 Å². The van der Waals surface area contributed by atoms with Crippen LogP contribution >= 0.6 is 11.3 Å². The molecule has 3 heterocycles. The summed E-state index contributed by atoms with van der Waals surface area (Å²) < 4.78 is 39.1. The second-order valence-corrected chi connectivity index (χ2v) is 6.53. The lowest BCUT2D eigenvalue weighted by molar-refractivity contribution is -0.141. The number of aromatic nitrogens is 2. The van der Waals surface area contributed by atoms with Gasteiger partial charge in [0.15, 0.2) is 5.69 Å². The van der Waals surface area contributed by atoms with Crippen LogP contribution in [0.25, 0.3) is 0 Å². The van der Waals surface area contributed by atoms with Gasteiger partial charge in [0.05, 0.1) is 5.69 Å². The number of thiophene rings is 1. The first-order valence-corrected chi connectivity index (χ1v) is 8.26. The second-order valence-electron chi connectivity index (χ2n) is 5.53. The van der Waals surface area contributed by atoms with E-state index >= 15 is 0 Å². The fraction of sp³-hybridized carbons (Fsp3) is 0.467. The Morgan fingerprint density at radius 3 is 2.83 bits per heavy atom. The van der Waals surface area contributed by atoms with E-state index in [9.17, 15) is 18.0 Å². The minimum Gasteiger partial charge on any atom is -0.309 e. The van der Waals surface area contributed by atoms with Gasteiger partial charge in [-0.05, 0) is 43.7 Å². The summed E-state index contributed by atoms with van der Waals surface area (Å²) in [6, 6.07) is 2.01. The third kappa shape index (κ3) is 3.12. The normalized spacial score (nSPS) is 16.8. The third-order valence-electron chi connectivity index (χ3n) is 3.97. The molecule has 1 atom stereocenters. The molecule has 0 aliphatic carbocycles. The van der Waals surface area contributed by atoms with Crippen LogP contribution in [-0.2, 0) is 17.4 Å². The van der Waals surface area contributed by atoms with E-state index in [1.165, 1.54) is 6.20 Å². The van der Waals surface area contributed by atoms with Gasteiger partial charge in [-0.25, -0.2) is 0 Å². The molecule has 0 saturated heterocycles. The Bertz CT molecular complexity index is 707. The van der Waals surface area contributed by atoms with Crippen molar-refractivity contribution in [1.82, 2.24) is 9.78 Å². The molecule has 4 nitrogen and oxygen atoms in total. The van der Waals surface area contributed by atoms with Crippen molar-refractivity contribution < 1.29 is 18.0 Å². The molecule has 0 N–H and O–H groups in total. The average molecular weight is 343 g/mol. The number of hydrogen-bond donors (Lipinski definition) is 0. The van der Waals surface area contributed by atoms with Crippen LogP contribution in [0.2, 0.25) is 0 Å². The lowest BCUT2D eigenvalue weighted by atomic mass is 10.2. The first-order chi connectivity index (χ1) is 10.9. The van der Waals surface area contributed by atoms with Gasteiger partial charge in [-0.2, -0.15) is 18.3 Å². The van der Waals surface area contributed by atoms with Crippen LogP contribution in [0.15, 0.2) is 23.7 Å². The summed E-state index contributed by atoms with van der Waals surface area (Å²) >= 11 is 1.61. The second kappa shape index (κ2) is 5.99. The summed E-state index contributed by atoms with van der Waals surface area (Å²) in [5.74, 6) is -0.233. The highest BCUT2D eigenvalue weighted by Crippen LogP contribution is 2.33. The molecule has 0 bridgehead atoms. The Hall–Kier alpha value is -1.83. The maximum Gasteiger partial charge on any atom is 0.435 e. The van der Waals surface area contributed by atoms with Crippen molar-refractivity contribution in [1.29, 1.82) is 0 Å². The molecular formula is C15H16F3N3OS. The molecule has 0 spiro atoms. The largest absolute Gasteiger partial charge is 0.435 e. The minimum atomic E-state index is -4.50. The molecule has 1 aliphatic heterocycles. The van der Waals surface area contributed by atoms with Crippen molar-refractivity contribution >= 4 is 22.9 Å². The van der Waals surface area contributed by atoms with Crippen molar-refractivity contribution in [3.05, 3.63) is 34.3 Å². The van der Waals surface area contributed by atoms with E-state index in [4.69, 9.17) is 0 Å². The number of hydrogen-bond acceptors (Lipinski definition) is 3. The van der Waals surface area contributed by atoms with Crippen LogP contribution in [0.1, 0.15) is 36.4 Å². The average Bonchev–Trinajstić information content (AvgIpc) is 3.12.